The largest absolute Gasteiger partial charge is 0.464 e. The lowest BCUT2D eigenvalue weighted by Crippen LogP contribution is -1.93. The van der Waals surface area contributed by atoms with Gasteiger partial charge in [-0.05, 0) is 29.7 Å². The summed E-state index contributed by atoms with van der Waals surface area (Å²) in [5, 5.41) is 7.25. The molecule has 4 aromatic heterocycles. The Hall–Kier alpha value is -3.59. The van der Waals surface area contributed by atoms with Gasteiger partial charge < -0.3 is 8.82 Å². The molecule has 3 heteroatoms. The van der Waals surface area contributed by atoms with Gasteiger partial charge in [0.1, 0.15) is 5.58 Å². The van der Waals surface area contributed by atoms with Crippen molar-refractivity contribution in [2.75, 3.05) is 0 Å². The van der Waals surface area contributed by atoms with E-state index in [0.29, 0.717) is 0 Å². The molecule has 3 nitrogen and oxygen atoms in total. The minimum Gasteiger partial charge on any atom is -0.464 e. The molecule has 0 N–H and O–H groups in total. The molecule has 0 unspecified atom stereocenters. The fourth-order valence-electron chi connectivity index (χ4n) is 4.69. The lowest BCUT2D eigenvalue weighted by Gasteiger charge is -2.12. The molecule has 26 heavy (non-hydrogen) atoms. The first-order valence-corrected chi connectivity index (χ1v) is 8.74. The molecule has 0 radical (unpaired) electrons. The Morgan fingerprint density at radius 2 is 1.54 bits per heavy atom. The van der Waals surface area contributed by atoms with E-state index in [1.807, 2.05) is 12.3 Å². The number of para-hydroxylation sites is 1. The fraction of sp³-hybridized carbons (Fsp3) is 0. The Balaban J connectivity index is 2.08. The van der Waals surface area contributed by atoms with Crippen LogP contribution in [0.3, 0.4) is 0 Å². The maximum absolute atomic E-state index is 5.98. The smallest absolute Gasteiger partial charge is 0.144 e. The molecule has 7 aromatic rings. The highest BCUT2D eigenvalue weighted by atomic mass is 16.3. The van der Waals surface area contributed by atoms with Crippen molar-refractivity contribution >= 4 is 60.0 Å². The average molecular weight is 332 g/mol. The van der Waals surface area contributed by atoms with Gasteiger partial charge in [0, 0.05) is 27.7 Å². The van der Waals surface area contributed by atoms with Gasteiger partial charge in [-0.15, -0.1) is 0 Å². The molecule has 7 rings (SSSR count). The zero-order valence-corrected chi connectivity index (χ0v) is 13.7. The topological polar surface area (TPSA) is 30.4 Å². The first kappa shape index (κ1) is 12.7. The highest BCUT2D eigenvalue weighted by Crippen LogP contribution is 2.45. The van der Waals surface area contributed by atoms with E-state index in [0.717, 1.165) is 22.0 Å². The quantitative estimate of drug-likeness (QED) is 0.247. The van der Waals surface area contributed by atoms with Gasteiger partial charge in [-0.3, -0.25) is 4.98 Å². The van der Waals surface area contributed by atoms with Crippen molar-refractivity contribution < 1.29 is 4.42 Å². The second-order valence-corrected chi connectivity index (χ2v) is 6.84. The SMILES string of the molecule is c1cc2c3ccoc3c3c4ccccc4n4c5cccnc5c(c1)c2c34. The standard InChI is InChI=1S/C23H12N2O/c1-2-8-17-15(5-1)20-22-19-13(14-10-12-26-23(14)20)6-3-7-16(19)21-18(25(17)22)9-4-11-24-21/h1-12H. The van der Waals surface area contributed by atoms with E-state index in [4.69, 9.17) is 9.40 Å². The molecule has 0 bridgehead atoms. The Morgan fingerprint density at radius 1 is 0.692 bits per heavy atom. The number of rotatable bonds is 0. The lowest BCUT2D eigenvalue weighted by molar-refractivity contribution is 0.619. The van der Waals surface area contributed by atoms with Gasteiger partial charge in [0.2, 0.25) is 0 Å². The van der Waals surface area contributed by atoms with Crippen LogP contribution >= 0.6 is 0 Å². The number of hydrogen-bond acceptors (Lipinski definition) is 2. The monoisotopic (exact) mass is 332 g/mol. The Labute approximate surface area is 147 Å². The van der Waals surface area contributed by atoms with Crippen LogP contribution in [0.25, 0.3) is 60.0 Å². The molecule has 3 aromatic carbocycles. The summed E-state index contributed by atoms with van der Waals surface area (Å²) in [6.45, 7) is 0. The minimum absolute atomic E-state index is 0.965. The Morgan fingerprint density at radius 3 is 2.54 bits per heavy atom. The summed E-state index contributed by atoms with van der Waals surface area (Å²) in [5.74, 6) is 0. The third kappa shape index (κ3) is 1.25. The predicted molar refractivity (Wildman–Crippen MR) is 106 cm³/mol. The molecule has 0 spiro atoms. The summed E-state index contributed by atoms with van der Waals surface area (Å²) in [7, 11) is 0. The van der Waals surface area contributed by atoms with Crippen molar-refractivity contribution in [1.82, 2.24) is 9.38 Å². The molecule has 0 aliphatic carbocycles. The molecular formula is C23H12N2O. The fourth-order valence-corrected chi connectivity index (χ4v) is 4.69. The van der Waals surface area contributed by atoms with Gasteiger partial charge >= 0.3 is 0 Å². The van der Waals surface area contributed by atoms with Crippen LogP contribution in [0.1, 0.15) is 0 Å². The zero-order chi connectivity index (χ0) is 16.8. The summed E-state index contributed by atoms with van der Waals surface area (Å²) in [5.41, 5.74) is 5.55. The molecule has 0 fully saturated rings. The Kier molecular flexibility index (Phi) is 2.03. The van der Waals surface area contributed by atoms with Gasteiger partial charge in [0.05, 0.1) is 33.7 Å². The number of hydrogen-bond donors (Lipinski definition) is 0. The minimum atomic E-state index is 0.965. The first-order chi connectivity index (χ1) is 12.9. The highest BCUT2D eigenvalue weighted by molar-refractivity contribution is 6.36. The number of aromatic nitrogens is 2. The van der Waals surface area contributed by atoms with E-state index >= 15 is 0 Å². The van der Waals surface area contributed by atoms with E-state index in [9.17, 15) is 0 Å². The maximum atomic E-state index is 5.98. The predicted octanol–water partition coefficient (Wildman–Crippen LogP) is 6.13. The number of benzene rings is 3. The molecule has 0 aliphatic heterocycles. The number of pyridine rings is 2. The van der Waals surface area contributed by atoms with Crippen molar-refractivity contribution in [2.45, 2.75) is 0 Å². The second-order valence-electron chi connectivity index (χ2n) is 6.84. The van der Waals surface area contributed by atoms with Crippen molar-refractivity contribution in [2.24, 2.45) is 0 Å². The third-order valence-electron chi connectivity index (χ3n) is 5.64. The summed E-state index contributed by atoms with van der Waals surface area (Å²) >= 11 is 0. The van der Waals surface area contributed by atoms with Crippen molar-refractivity contribution in [3.8, 4) is 0 Å². The van der Waals surface area contributed by atoms with E-state index in [-0.39, 0.29) is 0 Å². The van der Waals surface area contributed by atoms with Crippen LogP contribution in [0.5, 0.6) is 0 Å². The van der Waals surface area contributed by atoms with Gasteiger partial charge in [0.25, 0.3) is 0 Å². The number of nitrogens with zero attached hydrogens (tertiary/aromatic N) is 2. The summed E-state index contributed by atoms with van der Waals surface area (Å²) in [4.78, 5) is 4.74. The van der Waals surface area contributed by atoms with E-state index < -0.39 is 0 Å². The van der Waals surface area contributed by atoms with Crippen LogP contribution in [0.15, 0.2) is 77.5 Å². The van der Waals surface area contributed by atoms with Gasteiger partial charge in [-0.1, -0.05) is 36.4 Å². The van der Waals surface area contributed by atoms with Crippen molar-refractivity contribution in [3.63, 3.8) is 0 Å². The molecule has 0 saturated heterocycles. The molecule has 0 atom stereocenters. The van der Waals surface area contributed by atoms with E-state index in [1.165, 1.54) is 38.0 Å². The summed E-state index contributed by atoms with van der Waals surface area (Å²) in [6.07, 6.45) is 3.67. The average Bonchev–Trinajstić information content (AvgIpc) is 3.31. The second kappa shape index (κ2) is 4.14. The summed E-state index contributed by atoms with van der Waals surface area (Å²) < 4.78 is 8.34. The van der Waals surface area contributed by atoms with Gasteiger partial charge in [0.15, 0.2) is 0 Å². The number of furan rings is 1. The van der Waals surface area contributed by atoms with Crippen LogP contribution in [-0.2, 0) is 0 Å². The highest BCUT2D eigenvalue weighted by Gasteiger charge is 2.22. The normalized spacial score (nSPS) is 12.6. The molecular weight excluding hydrogens is 320 g/mol. The van der Waals surface area contributed by atoms with E-state index in [2.05, 4.69) is 59.0 Å². The van der Waals surface area contributed by atoms with Crippen LogP contribution in [0, 0.1) is 0 Å². The molecule has 120 valence electrons. The zero-order valence-electron chi connectivity index (χ0n) is 13.7. The molecule has 0 saturated carbocycles. The summed E-state index contributed by atoms with van der Waals surface area (Å²) in [6, 6.07) is 21.3. The molecule has 4 heterocycles. The lowest BCUT2D eigenvalue weighted by atomic mass is 9.97. The van der Waals surface area contributed by atoms with Crippen LogP contribution in [0.2, 0.25) is 0 Å². The maximum Gasteiger partial charge on any atom is 0.144 e. The van der Waals surface area contributed by atoms with Crippen LogP contribution < -0.4 is 0 Å². The Bertz CT molecular complexity index is 1600. The number of fused-ring (bicyclic) bond motifs is 9. The van der Waals surface area contributed by atoms with Gasteiger partial charge in [-0.2, -0.15) is 0 Å². The first-order valence-electron chi connectivity index (χ1n) is 8.74. The third-order valence-corrected chi connectivity index (χ3v) is 5.64. The van der Waals surface area contributed by atoms with Gasteiger partial charge in [-0.25, -0.2) is 0 Å². The molecule has 0 aliphatic rings. The van der Waals surface area contributed by atoms with Crippen LogP contribution in [0.4, 0.5) is 0 Å². The molecule has 0 amide bonds. The van der Waals surface area contributed by atoms with E-state index in [1.54, 1.807) is 6.26 Å². The van der Waals surface area contributed by atoms with Crippen molar-refractivity contribution in [1.29, 1.82) is 0 Å². The van der Waals surface area contributed by atoms with Crippen molar-refractivity contribution in [3.05, 3.63) is 73.1 Å². The van der Waals surface area contributed by atoms with Crippen LogP contribution in [-0.4, -0.2) is 9.38 Å².